The molecule has 1 amide bonds. The average Bonchev–Trinajstić information content (AvgIpc) is 3.03. The molecule has 0 radical (unpaired) electrons. The number of aromatic amines is 1. The lowest BCUT2D eigenvalue weighted by Crippen LogP contribution is -2.25. The lowest BCUT2D eigenvalue weighted by Gasteiger charge is -2.07. The second-order valence-electron chi connectivity index (χ2n) is 5.20. The molecular formula is C17H15F2N3O2. The molecule has 0 saturated heterocycles. The summed E-state index contributed by atoms with van der Waals surface area (Å²) in [7, 11) is 0. The van der Waals surface area contributed by atoms with E-state index in [0.717, 1.165) is 16.5 Å². The highest BCUT2D eigenvalue weighted by atomic mass is 19.3. The van der Waals surface area contributed by atoms with Crippen LogP contribution in [0.4, 0.5) is 8.78 Å². The van der Waals surface area contributed by atoms with Crippen LogP contribution in [0.1, 0.15) is 15.9 Å². The number of nitrogens with one attached hydrogen (secondary N) is 2. The number of benzene rings is 2. The van der Waals surface area contributed by atoms with E-state index in [1.807, 2.05) is 0 Å². The van der Waals surface area contributed by atoms with Gasteiger partial charge in [-0.1, -0.05) is 12.1 Å². The molecule has 5 nitrogen and oxygen atoms in total. The fourth-order valence-electron chi connectivity index (χ4n) is 2.34. The molecule has 0 aliphatic heterocycles. The lowest BCUT2D eigenvalue weighted by molar-refractivity contribution is -0.0498. The molecule has 124 valence electrons. The van der Waals surface area contributed by atoms with Crippen LogP contribution in [0, 0.1) is 0 Å². The largest absolute Gasteiger partial charge is 0.435 e. The van der Waals surface area contributed by atoms with Crippen LogP contribution in [0.2, 0.25) is 0 Å². The van der Waals surface area contributed by atoms with E-state index in [1.54, 1.807) is 36.5 Å². The van der Waals surface area contributed by atoms with Crippen LogP contribution in [-0.4, -0.2) is 29.3 Å². The molecule has 0 atom stereocenters. The minimum Gasteiger partial charge on any atom is -0.435 e. The van der Waals surface area contributed by atoms with Crippen LogP contribution in [0.25, 0.3) is 10.9 Å². The highest BCUT2D eigenvalue weighted by Crippen LogP contribution is 2.15. The van der Waals surface area contributed by atoms with Gasteiger partial charge in [-0.15, -0.1) is 0 Å². The van der Waals surface area contributed by atoms with E-state index in [2.05, 4.69) is 20.3 Å². The smallest absolute Gasteiger partial charge is 0.387 e. The summed E-state index contributed by atoms with van der Waals surface area (Å²) in [4.78, 5) is 12.1. The number of hydrogen-bond acceptors (Lipinski definition) is 3. The number of carbonyl (C=O) groups excluding carboxylic acids is 1. The first-order valence-electron chi connectivity index (χ1n) is 7.37. The molecule has 1 aromatic heterocycles. The monoisotopic (exact) mass is 331 g/mol. The molecule has 0 unspecified atom stereocenters. The van der Waals surface area contributed by atoms with Gasteiger partial charge in [-0.2, -0.15) is 13.9 Å². The van der Waals surface area contributed by atoms with Gasteiger partial charge in [-0.3, -0.25) is 9.89 Å². The highest BCUT2D eigenvalue weighted by molar-refractivity contribution is 5.97. The lowest BCUT2D eigenvalue weighted by atomic mass is 10.1. The molecule has 0 spiro atoms. The number of nitrogens with zero attached hydrogens (tertiary/aromatic N) is 1. The normalized spacial score (nSPS) is 11.0. The molecule has 7 heteroatoms. The first-order valence-corrected chi connectivity index (χ1v) is 7.37. The van der Waals surface area contributed by atoms with Crippen molar-refractivity contribution < 1.29 is 18.3 Å². The summed E-state index contributed by atoms with van der Waals surface area (Å²) in [5.41, 5.74) is 2.35. The van der Waals surface area contributed by atoms with Crippen molar-refractivity contribution in [2.45, 2.75) is 13.0 Å². The van der Waals surface area contributed by atoms with Crippen molar-refractivity contribution in [3.8, 4) is 5.75 Å². The third-order valence-corrected chi connectivity index (χ3v) is 3.55. The summed E-state index contributed by atoms with van der Waals surface area (Å²) in [5.74, 6) is -0.0537. The Morgan fingerprint density at radius 2 is 2.00 bits per heavy atom. The molecule has 0 aliphatic rings. The van der Waals surface area contributed by atoms with Gasteiger partial charge in [0.05, 0.1) is 11.7 Å². The summed E-state index contributed by atoms with van der Waals surface area (Å²) in [5, 5.41) is 10.4. The van der Waals surface area contributed by atoms with Gasteiger partial charge in [0.1, 0.15) is 5.75 Å². The number of rotatable bonds is 6. The van der Waals surface area contributed by atoms with Crippen LogP contribution < -0.4 is 10.1 Å². The van der Waals surface area contributed by atoms with Gasteiger partial charge < -0.3 is 10.1 Å². The van der Waals surface area contributed by atoms with Crippen molar-refractivity contribution in [1.29, 1.82) is 0 Å². The summed E-state index contributed by atoms with van der Waals surface area (Å²) in [6.07, 6.45) is 2.25. The van der Waals surface area contributed by atoms with Crippen LogP contribution in [0.5, 0.6) is 5.75 Å². The summed E-state index contributed by atoms with van der Waals surface area (Å²) < 4.78 is 28.4. The number of alkyl halides is 2. The van der Waals surface area contributed by atoms with Crippen molar-refractivity contribution in [2.75, 3.05) is 6.54 Å². The molecule has 3 aromatic rings. The van der Waals surface area contributed by atoms with Crippen LogP contribution in [0.15, 0.2) is 48.7 Å². The van der Waals surface area contributed by atoms with E-state index in [9.17, 15) is 13.6 Å². The van der Waals surface area contributed by atoms with E-state index in [4.69, 9.17) is 0 Å². The van der Waals surface area contributed by atoms with Gasteiger partial charge in [0, 0.05) is 17.5 Å². The molecule has 2 N–H and O–H groups in total. The molecule has 24 heavy (non-hydrogen) atoms. The topological polar surface area (TPSA) is 67.0 Å². The minimum atomic E-state index is -2.83. The average molecular weight is 331 g/mol. The van der Waals surface area contributed by atoms with Gasteiger partial charge in [0.15, 0.2) is 0 Å². The Balaban J connectivity index is 1.52. The Kier molecular flexibility index (Phi) is 4.69. The maximum absolute atomic E-state index is 12.1. The zero-order chi connectivity index (χ0) is 16.9. The first kappa shape index (κ1) is 15.9. The quantitative estimate of drug-likeness (QED) is 0.729. The molecule has 0 saturated carbocycles. The minimum absolute atomic E-state index is 0.117. The predicted octanol–water partition coefficient (Wildman–Crippen LogP) is 3.14. The maximum atomic E-state index is 12.1. The summed E-state index contributed by atoms with van der Waals surface area (Å²) in [6, 6.07) is 11.7. The number of carbonyl (C=O) groups is 1. The molecule has 0 bridgehead atoms. The van der Waals surface area contributed by atoms with Crippen molar-refractivity contribution in [1.82, 2.24) is 15.5 Å². The fourth-order valence-corrected chi connectivity index (χ4v) is 2.34. The van der Waals surface area contributed by atoms with Crippen molar-refractivity contribution >= 4 is 16.8 Å². The number of ether oxygens (including phenoxy) is 1. The van der Waals surface area contributed by atoms with Gasteiger partial charge in [0.25, 0.3) is 5.91 Å². The summed E-state index contributed by atoms with van der Waals surface area (Å²) >= 11 is 0. The fraction of sp³-hybridized carbons (Fsp3) is 0.176. The Bertz CT molecular complexity index is 831. The standard InChI is InChI=1S/C17H15F2N3O2/c18-17(19)24-14-4-1-11(2-5-14)7-8-20-16(23)12-3-6-15-13(9-12)10-21-22-15/h1-6,9-10,17H,7-8H2,(H,20,23)(H,21,22). The Morgan fingerprint density at radius 1 is 1.21 bits per heavy atom. The van der Waals surface area contributed by atoms with Crippen molar-refractivity contribution in [3.05, 3.63) is 59.8 Å². The third kappa shape index (κ3) is 3.87. The number of fused-ring (bicyclic) bond motifs is 1. The van der Waals surface area contributed by atoms with Crippen LogP contribution >= 0.6 is 0 Å². The highest BCUT2D eigenvalue weighted by Gasteiger charge is 2.07. The first-order chi connectivity index (χ1) is 11.6. The predicted molar refractivity (Wildman–Crippen MR) is 85.2 cm³/mol. The van der Waals surface area contributed by atoms with Gasteiger partial charge in [-0.25, -0.2) is 0 Å². The van der Waals surface area contributed by atoms with E-state index in [1.165, 1.54) is 12.1 Å². The van der Waals surface area contributed by atoms with Gasteiger partial charge >= 0.3 is 6.61 Å². The molecule has 3 rings (SSSR count). The molecule has 0 fully saturated rings. The van der Waals surface area contributed by atoms with Crippen molar-refractivity contribution in [2.24, 2.45) is 0 Å². The number of hydrogen-bond donors (Lipinski definition) is 2. The number of H-pyrrole nitrogens is 1. The van der Waals surface area contributed by atoms with E-state index in [0.29, 0.717) is 18.5 Å². The Hall–Kier alpha value is -2.96. The van der Waals surface area contributed by atoms with E-state index < -0.39 is 6.61 Å². The third-order valence-electron chi connectivity index (χ3n) is 3.55. The second-order valence-corrected chi connectivity index (χ2v) is 5.20. The Morgan fingerprint density at radius 3 is 2.75 bits per heavy atom. The molecular weight excluding hydrogens is 316 g/mol. The van der Waals surface area contributed by atoms with E-state index >= 15 is 0 Å². The van der Waals surface area contributed by atoms with Crippen LogP contribution in [-0.2, 0) is 6.42 Å². The molecule has 1 heterocycles. The molecule has 0 aliphatic carbocycles. The number of halogens is 2. The number of aromatic nitrogens is 2. The Labute approximate surface area is 136 Å². The van der Waals surface area contributed by atoms with E-state index in [-0.39, 0.29) is 11.7 Å². The summed E-state index contributed by atoms with van der Waals surface area (Å²) in [6.45, 7) is -2.39. The molecule has 2 aromatic carbocycles. The maximum Gasteiger partial charge on any atom is 0.387 e. The second kappa shape index (κ2) is 7.08. The zero-order valence-corrected chi connectivity index (χ0v) is 12.6. The number of amides is 1. The van der Waals surface area contributed by atoms with Gasteiger partial charge in [0.2, 0.25) is 0 Å². The SMILES string of the molecule is O=C(NCCc1ccc(OC(F)F)cc1)c1ccc2[nH]ncc2c1. The van der Waals surface area contributed by atoms with Crippen molar-refractivity contribution in [3.63, 3.8) is 0 Å². The zero-order valence-electron chi connectivity index (χ0n) is 12.6. The van der Waals surface area contributed by atoms with Gasteiger partial charge in [-0.05, 0) is 42.3 Å². The van der Waals surface area contributed by atoms with Crippen LogP contribution in [0.3, 0.4) is 0 Å².